The van der Waals surface area contributed by atoms with Gasteiger partial charge < -0.3 is 20.9 Å². The predicted molar refractivity (Wildman–Crippen MR) is 138 cm³/mol. The Hall–Kier alpha value is -2.29. The summed E-state index contributed by atoms with van der Waals surface area (Å²) in [5.74, 6) is 1.14. The normalized spacial score (nSPS) is 18.7. The molecular weight excluding hydrogens is 501 g/mol. The van der Waals surface area contributed by atoms with Crippen molar-refractivity contribution >= 4 is 47.2 Å². The fourth-order valence-corrected chi connectivity index (χ4v) is 4.00. The van der Waals surface area contributed by atoms with Crippen LogP contribution in [0.1, 0.15) is 31.2 Å². The van der Waals surface area contributed by atoms with Crippen LogP contribution < -0.4 is 20.9 Å². The maximum Gasteiger partial charge on any atom is 0.227 e. The molecule has 1 heterocycles. The second-order valence-electron chi connectivity index (χ2n) is 8.15. The van der Waals surface area contributed by atoms with Crippen molar-refractivity contribution < 1.29 is 4.79 Å². The summed E-state index contributed by atoms with van der Waals surface area (Å²) in [4.78, 5) is 19.0. The van der Waals surface area contributed by atoms with E-state index < -0.39 is 0 Å². The van der Waals surface area contributed by atoms with Crippen LogP contribution in [-0.4, -0.2) is 38.0 Å². The second kappa shape index (κ2) is 11.4. The SMILES string of the molecule is CN=C(NCc1cccc(NC(=O)C2CCC2)c1)NC1CCN(c2ccccc2)C1.I. The van der Waals surface area contributed by atoms with Crippen molar-refractivity contribution in [3.63, 3.8) is 0 Å². The molecule has 166 valence electrons. The molecule has 2 aliphatic rings. The van der Waals surface area contributed by atoms with Crippen LogP contribution in [0.25, 0.3) is 0 Å². The molecule has 1 aliphatic carbocycles. The first-order valence-electron chi connectivity index (χ1n) is 10.9. The summed E-state index contributed by atoms with van der Waals surface area (Å²) >= 11 is 0. The Bertz CT molecular complexity index is 885. The highest BCUT2D eigenvalue weighted by atomic mass is 127. The number of anilines is 2. The average Bonchev–Trinajstić information content (AvgIpc) is 3.19. The molecule has 0 bridgehead atoms. The highest BCUT2D eigenvalue weighted by Crippen LogP contribution is 2.27. The molecule has 0 spiro atoms. The third-order valence-corrected chi connectivity index (χ3v) is 6.00. The van der Waals surface area contributed by atoms with E-state index in [1.165, 1.54) is 5.69 Å². The average molecular weight is 533 g/mol. The highest BCUT2D eigenvalue weighted by Gasteiger charge is 2.25. The van der Waals surface area contributed by atoms with Crippen molar-refractivity contribution in [1.29, 1.82) is 0 Å². The van der Waals surface area contributed by atoms with Gasteiger partial charge in [-0.3, -0.25) is 9.79 Å². The van der Waals surface area contributed by atoms with Gasteiger partial charge in [0.2, 0.25) is 5.91 Å². The van der Waals surface area contributed by atoms with Crippen LogP contribution in [0.4, 0.5) is 11.4 Å². The lowest BCUT2D eigenvalue weighted by atomic mass is 9.85. The lowest BCUT2D eigenvalue weighted by Crippen LogP contribution is -2.44. The molecule has 3 N–H and O–H groups in total. The Balaban J connectivity index is 0.00000272. The molecular formula is C24H32IN5O. The third kappa shape index (κ3) is 6.35. The van der Waals surface area contributed by atoms with Crippen molar-refractivity contribution in [2.45, 2.75) is 38.3 Å². The number of benzene rings is 2. The topological polar surface area (TPSA) is 68.8 Å². The minimum absolute atomic E-state index is 0. The number of hydrogen-bond acceptors (Lipinski definition) is 3. The van der Waals surface area contributed by atoms with E-state index in [0.717, 1.165) is 56.0 Å². The van der Waals surface area contributed by atoms with Crippen molar-refractivity contribution in [2.24, 2.45) is 10.9 Å². The van der Waals surface area contributed by atoms with Crippen LogP contribution in [0.2, 0.25) is 0 Å². The number of guanidine groups is 1. The van der Waals surface area contributed by atoms with Gasteiger partial charge in [0.1, 0.15) is 0 Å². The van der Waals surface area contributed by atoms with E-state index in [0.29, 0.717) is 12.6 Å². The van der Waals surface area contributed by atoms with E-state index in [1.54, 1.807) is 7.05 Å². The van der Waals surface area contributed by atoms with Crippen molar-refractivity contribution in [3.05, 3.63) is 60.2 Å². The number of aliphatic imine (C=N–C) groups is 1. The monoisotopic (exact) mass is 533 g/mol. The summed E-state index contributed by atoms with van der Waals surface area (Å²) in [6, 6.07) is 18.9. The molecule has 1 saturated heterocycles. The predicted octanol–water partition coefficient (Wildman–Crippen LogP) is 3.99. The first-order chi connectivity index (χ1) is 14.7. The molecule has 1 aliphatic heterocycles. The van der Waals surface area contributed by atoms with Crippen LogP contribution in [0.15, 0.2) is 59.6 Å². The van der Waals surface area contributed by atoms with Crippen molar-refractivity contribution in [2.75, 3.05) is 30.4 Å². The molecule has 2 aromatic rings. The second-order valence-corrected chi connectivity index (χ2v) is 8.15. The highest BCUT2D eigenvalue weighted by molar-refractivity contribution is 14.0. The summed E-state index contributed by atoms with van der Waals surface area (Å²) < 4.78 is 0. The van der Waals surface area contributed by atoms with Crippen molar-refractivity contribution in [3.8, 4) is 0 Å². The summed E-state index contributed by atoms with van der Waals surface area (Å²) in [7, 11) is 1.80. The summed E-state index contributed by atoms with van der Waals surface area (Å²) in [5, 5.41) is 9.99. The van der Waals surface area contributed by atoms with E-state index in [-0.39, 0.29) is 35.8 Å². The zero-order valence-corrected chi connectivity index (χ0v) is 20.3. The van der Waals surface area contributed by atoms with Gasteiger partial charge in [0.15, 0.2) is 5.96 Å². The molecule has 1 amide bonds. The molecule has 1 atom stereocenters. The molecule has 31 heavy (non-hydrogen) atoms. The van der Waals surface area contributed by atoms with Gasteiger partial charge >= 0.3 is 0 Å². The summed E-state index contributed by atoms with van der Waals surface area (Å²) in [5.41, 5.74) is 3.25. The van der Waals surface area contributed by atoms with E-state index in [1.807, 2.05) is 18.2 Å². The van der Waals surface area contributed by atoms with Crippen LogP contribution in [0.3, 0.4) is 0 Å². The maximum atomic E-state index is 12.2. The van der Waals surface area contributed by atoms with E-state index >= 15 is 0 Å². The van der Waals surface area contributed by atoms with Crippen LogP contribution in [-0.2, 0) is 11.3 Å². The smallest absolute Gasteiger partial charge is 0.227 e. The fourth-order valence-electron chi connectivity index (χ4n) is 4.00. The van der Waals surface area contributed by atoms with Gasteiger partial charge in [-0.25, -0.2) is 0 Å². The number of rotatable bonds is 6. The fraction of sp³-hybridized carbons (Fsp3) is 0.417. The lowest BCUT2D eigenvalue weighted by molar-refractivity contribution is -0.122. The Morgan fingerprint density at radius 3 is 2.61 bits per heavy atom. The first-order valence-corrected chi connectivity index (χ1v) is 10.9. The van der Waals surface area contributed by atoms with Gasteiger partial charge in [0, 0.05) is 50.0 Å². The number of hydrogen-bond donors (Lipinski definition) is 3. The Labute approximate surface area is 201 Å². The minimum Gasteiger partial charge on any atom is -0.369 e. The quantitative estimate of drug-likeness (QED) is 0.299. The van der Waals surface area contributed by atoms with Gasteiger partial charge in [-0.05, 0) is 49.1 Å². The molecule has 1 saturated carbocycles. The Morgan fingerprint density at radius 2 is 1.90 bits per heavy atom. The van der Waals surface area contributed by atoms with Crippen LogP contribution in [0, 0.1) is 5.92 Å². The number of para-hydroxylation sites is 1. The number of carbonyl (C=O) groups excluding carboxylic acids is 1. The molecule has 2 fully saturated rings. The lowest BCUT2D eigenvalue weighted by Gasteiger charge is -2.24. The molecule has 6 nitrogen and oxygen atoms in total. The number of nitrogens with one attached hydrogen (secondary N) is 3. The number of nitrogens with zero attached hydrogens (tertiary/aromatic N) is 2. The third-order valence-electron chi connectivity index (χ3n) is 6.00. The first kappa shape index (κ1) is 23.4. The maximum absolute atomic E-state index is 12.2. The minimum atomic E-state index is 0. The number of carbonyl (C=O) groups is 1. The van der Waals surface area contributed by atoms with Gasteiger partial charge in [0.05, 0.1) is 0 Å². The Kier molecular flexibility index (Phi) is 8.57. The molecule has 1 unspecified atom stereocenters. The van der Waals surface area contributed by atoms with Gasteiger partial charge in [-0.2, -0.15) is 0 Å². The van der Waals surface area contributed by atoms with Crippen molar-refractivity contribution in [1.82, 2.24) is 10.6 Å². The zero-order chi connectivity index (χ0) is 20.8. The molecule has 2 aromatic carbocycles. The molecule has 4 rings (SSSR count). The standard InChI is InChI=1S/C24H31N5O.HI/c1-25-24(28-21-13-14-29(17-21)22-11-3-2-4-12-22)26-16-18-7-5-10-20(15-18)27-23(30)19-8-6-9-19;/h2-5,7,10-12,15,19,21H,6,8-9,13-14,16-17H2,1H3,(H,27,30)(H2,25,26,28);1H. The molecule has 7 heteroatoms. The Morgan fingerprint density at radius 1 is 1.10 bits per heavy atom. The summed E-state index contributed by atoms with van der Waals surface area (Å²) in [6.45, 7) is 2.66. The molecule has 0 aromatic heterocycles. The van der Waals surface area contributed by atoms with Gasteiger partial charge in [-0.15, -0.1) is 24.0 Å². The molecule has 0 radical (unpaired) electrons. The van der Waals surface area contributed by atoms with E-state index in [9.17, 15) is 4.79 Å². The van der Waals surface area contributed by atoms with E-state index in [4.69, 9.17) is 0 Å². The van der Waals surface area contributed by atoms with Crippen LogP contribution in [0.5, 0.6) is 0 Å². The zero-order valence-electron chi connectivity index (χ0n) is 18.0. The van der Waals surface area contributed by atoms with Gasteiger partial charge in [0.25, 0.3) is 0 Å². The van der Waals surface area contributed by atoms with Crippen LogP contribution >= 0.6 is 24.0 Å². The van der Waals surface area contributed by atoms with E-state index in [2.05, 4.69) is 62.2 Å². The number of amides is 1. The van der Waals surface area contributed by atoms with Gasteiger partial charge in [-0.1, -0.05) is 36.8 Å². The number of halogens is 1. The summed E-state index contributed by atoms with van der Waals surface area (Å²) in [6.07, 6.45) is 4.27. The largest absolute Gasteiger partial charge is 0.369 e.